The molecule has 2 amide bonds. The molecule has 2 aromatic rings. The molecule has 29 heavy (non-hydrogen) atoms. The van der Waals surface area contributed by atoms with Gasteiger partial charge in [-0.2, -0.15) is 0 Å². The Morgan fingerprint density at radius 1 is 1.00 bits per heavy atom. The van der Waals surface area contributed by atoms with Crippen LogP contribution in [0.15, 0.2) is 48.7 Å². The summed E-state index contributed by atoms with van der Waals surface area (Å²) in [6.45, 7) is 7.34. The van der Waals surface area contributed by atoms with Gasteiger partial charge in [0.15, 0.2) is 0 Å². The molecule has 158 valence electrons. The van der Waals surface area contributed by atoms with E-state index in [1.807, 2.05) is 72.1 Å². The summed E-state index contributed by atoms with van der Waals surface area (Å²) in [5.41, 5.74) is 2.16. The summed E-state index contributed by atoms with van der Waals surface area (Å²) in [4.78, 5) is 29.7. The summed E-state index contributed by atoms with van der Waals surface area (Å²) in [6.07, 6.45) is 5.16. The Morgan fingerprint density at radius 3 is 2.31 bits per heavy atom. The van der Waals surface area contributed by atoms with Gasteiger partial charge in [-0.25, -0.2) is 0 Å². The Hall–Kier alpha value is -2.56. The van der Waals surface area contributed by atoms with Crippen molar-refractivity contribution in [2.75, 3.05) is 6.54 Å². The lowest BCUT2D eigenvalue weighted by Gasteiger charge is -2.31. The molecule has 0 aliphatic rings. The summed E-state index contributed by atoms with van der Waals surface area (Å²) < 4.78 is 2.03. The largest absolute Gasteiger partial charge is 0.353 e. The third-order valence-electron chi connectivity index (χ3n) is 5.47. The number of nitrogens with zero attached hydrogens (tertiary/aromatic N) is 3. The van der Waals surface area contributed by atoms with Gasteiger partial charge in [-0.1, -0.05) is 50.6 Å². The molecule has 1 aromatic heterocycles. The van der Waals surface area contributed by atoms with E-state index in [9.17, 15) is 9.59 Å². The highest BCUT2D eigenvalue weighted by molar-refractivity contribution is 5.85. The van der Waals surface area contributed by atoms with E-state index in [0.29, 0.717) is 19.5 Å². The first-order valence-corrected chi connectivity index (χ1v) is 10.7. The molecule has 5 nitrogen and oxygen atoms in total. The predicted octanol–water partition coefficient (Wildman–Crippen LogP) is 4.37. The van der Waals surface area contributed by atoms with Crippen molar-refractivity contribution >= 4 is 11.8 Å². The Kier molecular flexibility index (Phi) is 8.97. The highest BCUT2D eigenvalue weighted by Crippen LogP contribution is 2.14. The van der Waals surface area contributed by atoms with E-state index in [4.69, 9.17) is 0 Å². The lowest BCUT2D eigenvalue weighted by atomic mass is 10.1. The van der Waals surface area contributed by atoms with Gasteiger partial charge in [0.2, 0.25) is 11.8 Å². The van der Waals surface area contributed by atoms with Gasteiger partial charge in [0.1, 0.15) is 6.54 Å². The van der Waals surface area contributed by atoms with Crippen molar-refractivity contribution in [3.8, 4) is 0 Å². The molecule has 0 aliphatic carbocycles. The fraction of sp³-hybridized carbons (Fsp3) is 0.500. The number of amides is 2. The predicted molar refractivity (Wildman–Crippen MR) is 117 cm³/mol. The van der Waals surface area contributed by atoms with Gasteiger partial charge in [0.05, 0.1) is 6.54 Å². The number of unbranched alkanes of at least 4 members (excludes halogenated alkanes) is 1. The first-order chi connectivity index (χ1) is 14.0. The van der Waals surface area contributed by atoms with Crippen LogP contribution in [0.4, 0.5) is 0 Å². The second-order valence-electron chi connectivity index (χ2n) is 7.73. The summed E-state index contributed by atoms with van der Waals surface area (Å²) >= 11 is 0. The van der Waals surface area contributed by atoms with Crippen LogP contribution in [-0.4, -0.2) is 38.8 Å². The Labute approximate surface area is 175 Å². The van der Waals surface area contributed by atoms with Crippen LogP contribution in [0.25, 0.3) is 0 Å². The third-order valence-corrected chi connectivity index (χ3v) is 5.47. The molecule has 1 aromatic carbocycles. The van der Waals surface area contributed by atoms with Gasteiger partial charge in [-0.05, 0) is 37.5 Å². The number of hydrogen-bond acceptors (Lipinski definition) is 2. The molecule has 0 saturated heterocycles. The molecule has 5 heteroatoms. The molecule has 0 radical (unpaired) electrons. The minimum atomic E-state index is -0.0137. The quantitative estimate of drug-likeness (QED) is 0.565. The standard InChI is InChI=1S/C24H35N3O2/c1-5-7-15-23(28)27(20(3)6-2)19-24(29)26(17-21-12-9-8-10-13-21)18-22-14-11-16-25(22)4/h8-14,16,20H,5-7,15,17-19H2,1-4H3. The average Bonchev–Trinajstić information content (AvgIpc) is 3.14. The van der Waals surface area contributed by atoms with Crippen molar-refractivity contribution in [2.24, 2.45) is 7.05 Å². The molecular formula is C24H35N3O2. The summed E-state index contributed by atoms with van der Waals surface area (Å²) in [5.74, 6) is 0.0632. The zero-order valence-corrected chi connectivity index (χ0v) is 18.3. The van der Waals surface area contributed by atoms with Gasteiger partial charge in [-0.3, -0.25) is 9.59 Å². The molecule has 0 aliphatic heterocycles. The molecule has 0 bridgehead atoms. The van der Waals surface area contributed by atoms with Crippen LogP contribution in [0, 0.1) is 0 Å². The lowest BCUT2D eigenvalue weighted by Crippen LogP contribution is -2.46. The van der Waals surface area contributed by atoms with Crippen molar-refractivity contribution in [1.82, 2.24) is 14.4 Å². The van der Waals surface area contributed by atoms with E-state index in [1.54, 1.807) is 4.90 Å². The second-order valence-corrected chi connectivity index (χ2v) is 7.73. The zero-order valence-electron chi connectivity index (χ0n) is 18.3. The van der Waals surface area contributed by atoms with Gasteiger partial charge in [0.25, 0.3) is 0 Å². The van der Waals surface area contributed by atoms with Crippen molar-refractivity contribution in [1.29, 1.82) is 0 Å². The topological polar surface area (TPSA) is 45.6 Å². The molecule has 0 N–H and O–H groups in total. The van der Waals surface area contributed by atoms with E-state index >= 15 is 0 Å². The minimum absolute atomic E-state index is 0.0137. The normalized spacial score (nSPS) is 11.9. The Balaban J connectivity index is 2.19. The van der Waals surface area contributed by atoms with Crippen LogP contribution in [0.1, 0.15) is 57.7 Å². The summed E-state index contributed by atoms with van der Waals surface area (Å²) in [6, 6.07) is 14.1. The number of aryl methyl sites for hydroxylation is 1. The van der Waals surface area contributed by atoms with Gasteiger partial charge in [0, 0.05) is 37.9 Å². The molecule has 0 spiro atoms. The third kappa shape index (κ3) is 6.77. The molecule has 1 heterocycles. The van der Waals surface area contributed by atoms with Crippen molar-refractivity contribution in [2.45, 2.75) is 65.6 Å². The molecule has 1 unspecified atom stereocenters. The number of carbonyl (C=O) groups excluding carboxylic acids is 2. The molecular weight excluding hydrogens is 362 g/mol. The zero-order chi connectivity index (χ0) is 21.2. The Morgan fingerprint density at radius 2 is 1.72 bits per heavy atom. The molecule has 2 rings (SSSR count). The highest BCUT2D eigenvalue weighted by atomic mass is 16.2. The molecule has 0 fully saturated rings. The van der Waals surface area contributed by atoms with E-state index in [0.717, 1.165) is 30.5 Å². The maximum Gasteiger partial charge on any atom is 0.242 e. The Bertz CT molecular complexity index is 769. The van der Waals surface area contributed by atoms with E-state index in [1.165, 1.54) is 0 Å². The minimum Gasteiger partial charge on any atom is -0.353 e. The summed E-state index contributed by atoms with van der Waals surface area (Å²) in [7, 11) is 1.99. The molecule has 1 atom stereocenters. The first-order valence-electron chi connectivity index (χ1n) is 10.7. The SMILES string of the molecule is CCCCC(=O)N(CC(=O)N(Cc1ccccc1)Cc1cccn1C)C(C)CC. The average molecular weight is 398 g/mol. The van der Waals surface area contributed by atoms with Crippen LogP contribution in [-0.2, 0) is 29.7 Å². The van der Waals surface area contributed by atoms with Crippen LogP contribution in [0.5, 0.6) is 0 Å². The maximum absolute atomic E-state index is 13.3. The first kappa shape index (κ1) is 22.7. The second kappa shape index (κ2) is 11.4. The van der Waals surface area contributed by atoms with Crippen molar-refractivity contribution in [3.05, 3.63) is 59.9 Å². The molecule has 0 saturated carbocycles. The summed E-state index contributed by atoms with van der Waals surface area (Å²) in [5, 5.41) is 0. The van der Waals surface area contributed by atoms with Crippen LogP contribution in [0.3, 0.4) is 0 Å². The number of rotatable bonds is 11. The lowest BCUT2D eigenvalue weighted by molar-refractivity contribution is -0.143. The fourth-order valence-electron chi connectivity index (χ4n) is 3.32. The monoisotopic (exact) mass is 397 g/mol. The van der Waals surface area contributed by atoms with E-state index < -0.39 is 0 Å². The van der Waals surface area contributed by atoms with E-state index in [2.05, 4.69) is 13.8 Å². The van der Waals surface area contributed by atoms with E-state index in [-0.39, 0.29) is 24.4 Å². The smallest absolute Gasteiger partial charge is 0.242 e. The van der Waals surface area contributed by atoms with Crippen molar-refractivity contribution < 1.29 is 9.59 Å². The number of benzene rings is 1. The van der Waals surface area contributed by atoms with Crippen molar-refractivity contribution in [3.63, 3.8) is 0 Å². The van der Waals surface area contributed by atoms with Crippen LogP contribution in [0.2, 0.25) is 0 Å². The maximum atomic E-state index is 13.3. The highest BCUT2D eigenvalue weighted by Gasteiger charge is 2.25. The van der Waals surface area contributed by atoms with Gasteiger partial charge >= 0.3 is 0 Å². The fourth-order valence-corrected chi connectivity index (χ4v) is 3.32. The number of hydrogen-bond donors (Lipinski definition) is 0. The number of aromatic nitrogens is 1. The number of carbonyl (C=O) groups is 2. The van der Waals surface area contributed by atoms with Gasteiger partial charge in [-0.15, -0.1) is 0 Å². The van der Waals surface area contributed by atoms with Gasteiger partial charge < -0.3 is 14.4 Å². The van der Waals surface area contributed by atoms with Crippen LogP contribution >= 0.6 is 0 Å². The van der Waals surface area contributed by atoms with Crippen LogP contribution < -0.4 is 0 Å².